The minimum Gasteiger partial charge on any atom is -0.497 e. The maximum Gasteiger partial charge on any atom is 0.253 e. The second-order valence-electron chi connectivity index (χ2n) is 5.13. The van der Waals surface area contributed by atoms with Gasteiger partial charge in [0.1, 0.15) is 11.5 Å². The van der Waals surface area contributed by atoms with E-state index in [1.54, 1.807) is 12.1 Å². The van der Waals surface area contributed by atoms with Crippen molar-refractivity contribution >= 4 is 11.6 Å². The Morgan fingerprint density at radius 1 is 1.40 bits per heavy atom. The van der Waals surface area contributed by atoms with Crippen molar-refractivity contribution in [1.29, 1.82) is 0 Å². The van der Waals surface area contributed by atoms with E-state index in [0.717, 1.165) is 12.8 Å². The number of carbonyl (C=O) groups excluding carboxylic acids is 1. The highest BCUT2D eigenvalue weighted by molar-refractivity contribution is 6.01. The van der Waals surface area contributed by atoms with Gasteiger partial charge in [0.2, 0.25) is 0 Å². The number of aliphatic hydroxyl groups excluding tert-OH is 1. The van der Waals surface area contributed by atoms with Crippen LogP contribution in [-0.4, -0.2) is 38.4 Å². The van der Waals surface area contributed by atoms with Crippen molar-refractivity contribution in [3.8, 4) is 11.5 Å². The van der Waals surface area contributed by atoms with Crippen LogP contribution in [0.5, 0.6) is 11.5 Å². The van der Waals surface area contributed by atoms with E-state index in [1.807, 2.05) is 0 Å². The Hall–Kier alpha value is -1.95. The van der Waals surface area contributed by atoms with E-state index in [-0.39, 0.29) is 23.6 Å². The Balaban J connectivity index is 2.16. The van der Waals surface area contributed by atoms with Gasteiger partial charge in [-0.3, -0.25) is 4.79 Å². The van der Waals surface area contributed by atoms with Crippen molar-refractivity contribution in [2.45, 2.75) is 12.8 Å². The lowest BCUT2D eigenvalue weighted by molar-refractivity contribution is 0.0935. The number of nitrogens with one attached hydrogen (secondary N) is 1. The van der Waals surface area contributed by atoms with Gasteiger partial charge < -0.3 is 25.6 Å². The molecule has 110 valence electrons. The van der Waals surface area contributed by atoms with Gasteiger partial charge in [-0.2, -0.15) is 0 Å². The summed E-state index contributed by atoms with van der Waals surface area (Å²) in [5, 5.41) is 12.0. The van der Waals surface area contributed by atoms with Crippen LogP contribution in [0.25, 0.3) is 0 Å². The minimum absolute atomic E-state index is 0.0875. The molecule has 1 aliphatic rings. The molecule has 20 heavy (non-hydrogen) atoms. The highest BCUT2D eigenvalue weighted by atomic mass is 16.5. The highest BCUT2D eigenvalue weighted by Gasteiger charge is 2.42. The summed E-state index contributed by atoms with van der Waals surface area (Å²) in [5.74, 6) is 0.613. The zero-order valence-electron chi connectivity index (χ0n) is 11.7. The van der Waals surface area contributed by atoms with Crippen molar-refractivity contribution in [2.24, 2.45) is 5.41 Å². The van der Waals surface area contributed by atoms with Crippen molar-refractivity contribution in [1.82, 2.24) is 5.32 Å². The van der Waals surface area contributed by atoms with Crippen molar-refractivity contribution in [3.63, 3.8) is 0 Å². The molecule has 0 atom stereocenters. The summed E-state index contributed by atoms with van der Waals surface area (Å²) in [6.07, 6.45) is 1.86. The van der Waals surface area contributed by atoms with Gasteiger partial charge in [-0.1, -0.05) is 0 Å². The molecule has 1 aliphatic carbocycles. The quantitative estimate of drug-likeness (QED) is 0.670. The second kappa shape index (κ2) is 5.58. The molecule has 0 radical (unpaired) electrons. The Morgan fingerprint density at radius 3 is 2.60 bits per heavy atom. The topological polar surface area (TPSA) is 93.8 Å². The molecule has 0 heterocycles. The number of nitrogen functional groups attached to an aromatic ring is 1. The van der Waals surface area contributed by atoms with Crippen LogP contribution in [0.1, 0.15) is 23.2 Å². The number of methoxy groups -OCH3 is 2. The molecular formula is C14H20N2O4. The Kier molecular flexibility index (Phi) is 4.04. The largest absolute Gasteiger partial charge is 0.497 e. The van der Waals surface area contributed by atoms with E-state index < -0.39 is 0 Å². The molecule has 0 unspecified atom stereocenters. The molecule has 2 rings (SSSR count). The van der Waals surface area contributed by atoms with Crippen LogP contribution >= 0.6 is 0 Å². The molecule has 1 aromatic carbocycles. The molecule has 6 heteroatoms. The minimum atomic E-state index is -0.292. The fourth-order valence-corrected chi connectivity index (χ4v) is 2.01. The smallest absolute Gasteiger partial charge is 0.253 e. The van der Waals surface area contributed by atoms with Gasteiger partial charge in [0.25, 0.3) is 5.91 Å². The first-order valence-corrected chi connectivity index (χ1v) is 6.46. The van der Waals surface area contributed by atoms with Gasteiger partial charge in [0, 0.05) is 18.0 Å². The van der Waals surface area contributed by atoms with Crippen LogP contribution in [0.15, 0.2) is 12.1 Å². The van der Waals surface area contributed by atoms with Crippen molar-refractivity contribution < 1.29 is 19.4 Å². The lowest BCUT2D eigenvalue weighted by Gasteiger charge is -2.15. The zero-order chi connectivity index (χ0) is 14.8. The van der Waals surface area contributed by atoms with E-state index in [9.17, 15) is 9.90 Å². The van der Waals surface area contributed by atoms with Crippen LogP contribution in [0.3, 0.4) is 0 Å². The van der Waals surface area contributed by atoms with Crippen molar-refractivity contribution in [3.05, 3.63) is 17.7 Å². The molecule has 1 fully saturated rings. The van der Waals surface area contributed by atoms with Gasteiger partial charge in [-0.05, 0) is 18.9 Å². The highest BCUT2D eigenvalue weighted by Crippen LogP contribution is 2.44. The Morgan fingerprint density at radius 2 is 2.10 bits per heavy atom. The van der Waals surface area contributed by atoms with Gasteiger partial charge in [0.05, 0.1) is 32.1 Å². The lowest BCUT2D eigenvalue weighted by Crippen LogP contribution is -2.32. The van der Waals surface area contributed by atoms with Crippen LogP contribution in [0.2, 0.25) is 0 Å². The second-order valence-corrected chi connectivity index (χ2v) is 5.13. The molecule has 1 amide bonds. The van der Waals surface area contributed by atoms with Gasteiger partial charge >= 0.3 is 0 Å². The number of rotatable bonds is 6. The van der Waals surface area contributed by atoms with Crippen LogP contribution in [0.4, 0.5) is 5.69 Å². The SMILES string of the molecule is COc1cc(OC)c(N)c(C(=O)NCC2(CO)CC2)c1. The number of anilines is 1. The van der Waals surface area contributed by atoms with Crippen LogP contribution in [0, 0.1) is 5.41 Å². The third kappa shape index (κ3) is 2.80. The molecule has 1 aromatic rings. The average molecular weight is 280 g/mol. The number of amides is 1. The summed E-state index contributed by atoms with van der Waals surface area (Å²) in [7, 11) is 3.00. The normalized spacial score (nSPS) is 15.6. The molecule has 4 N–H and O–H groups in total. The molecule has 0 saturated heterocycles. The van der Waals surface area contributed by atoms with Crippen LogP contribution < -0.4 is 20.5 Å². The van der Waals surface area contributed by atoms with Crippen LogP contribution in [-0.2, 0) is 0 Å². The Bertz CT molecular complexity index is 512. The Labute approximate surface area is 117 Å². The molecule has 0 spiro atoms. The van der Waals surface area contributed by atoms with E-state index >= 15 is 0 Å². The van der Waals surface area contributed by atoms with Gasteiger partial charge in [-0.15, -0.1) is 0 Å². The third-order valence-electron chi connectivity index (χ3n) is 3.73. The van der Waals surface area contributed by atoms with E-state index in [4.69, 9.17) is 15.2 Å². The summed E-state index contributed by atoms with van der Waals surface area (Å²) in [6.45, 7) is 0.533. The number of nitrogens with two attached hydrogens (primary N) is 1. The lowest BCUT2D eigenvalue weighted by atomic mass is 10.1. The molecule has 1 saturated carbocycles. The number of hydrogen-bond donors (Lipinski definition) is 3. The number of aliphatic hydroxyl groups is 1. The molecule has 0 aromatic heterocycles. The summed E-state index contributed by atoms with van der Waals surface area (Å²) < 4.78 is 10.3. The van der Waals surface area contributed by atoms with Gasteiger partial charge in [0.15, 0.2) is 0 Å². The predicted octanol–water partition coefficient (Wildman–Crippen LogP) is 0.788. The fourth-order valence-electron chi connectivity index (χ4n) is 2.01. The summed E-state index contributed by atoms with van der Waals surface area (Å²) in [4.78, 5) is 12.2. The van der Waals surface area contributed by atoms with Gasteiger partial charge in [-0.25, -0.2) is 0 Å². The summed E-state index contributed by atoms with van der Waals surface area (Å²) >= 11 is 0. The monoisotopic (exact) mass is 280 g/mol. The number of ether oxygens (including phenoxy) is 2. The average Bonchev–Trinajstić information content (AvgIpc) is 3.25. The first-order chi connectivity index (χ1) is 9.55. The molecule has 0 aliphatic heterocycles. The molecular weight excluding hydrogens is 260 g/mol. The summed E-state index contributed by atoms with van der Waals surface area (Å²) in [6, 6.07) is 3.20. The standard InChI is InChI=1S/C14H20N2O4/c1-19-9-5-10(12(15)11(6-9)20-2)13(18)16-7-14(8-17)3-4-14/h5-6,17H,3-4,7-8,15H2,1-2H3,(H,16,18). The first-order valence-electron chi connectivity index (χ1n) is 6.46. The van der Waals surface area contributed by atoms with Crippen molar-refractivity contribution in [2.75, 3.05) is 33.1 Å². The number of carbonyl (C=O) groups is 1. The zero-order valence-corrected chi connectivity index (χ0v) is 11.7. The van der Waals surface area contributed by atoms with E-state index in [0.29, 0.717) is 23.6 Å². The predicted molar refractivity (Wildman–Crippen MR) is 75.0 cm³/mol. The van der Waals surface area contributed by atoms with E-state index in [1.165, 1.54) is 14.2 Å². The maximum absolute atomic E-state index is 12.2. The molecule has 6 nitrogen and oxygen atoms in total. The summed E-state index contributed by atoms with van der Waals surface area (Å²) in [5.41, 5.74) is 6.36. The first kappa shape index (κ1) is 14.5. The number of benzene rings is 1. The molecule has 0 bridgehead atoms. The fraction of sp³-hybridized carbons (Fsp3) is 0.500. The third-order valence-corrected chi connectivity index (χ3v) is 3.73. The maximum atomic E-state index is 12.2. The van der Waals surface area contributed by atoms with E-state index in [2.05, 4.69) is 5.32 Å². The number of hydrogen-bond acceptors (Lipinski definition) is 5.